The summed E-state index contributed by atoms with van der Waals surface area (Å²) in [6, 6.07) is 10.6. The minimum atomic E-state index is -0.534. The van der Waals surface area contributed by atoms with Crippen molar-refractivity contribution in [2.75, 3.05) is 26.9 Å². The van der Waals surface area contributed by atoms with E-state index in [0.717, 1.165) is 5.56 Å². The maximum absolute atomic E-state index is 12.4. The van der Waals surface area contributed by atoms with E-state index in [1.807, 2.05) is 13.8 Å². The van der Waals surface area contributed by atoms with E-state index in [-0.39, 0.29) is 11.6 Å². The SMILES string of the molecule is C=CCOc1ccc(/C=C2\N=C(c3ccc(OCC)c(OCC)c3)OC2=O)cc1OC. The lowest BCUT2D eigenvalue weighted by Gasteiger charge is -2.11. The van der Waals surface area contributed by atoms with Crippen LogP contribution in [-0.4, -0.2) is 38.8 Å². The quantitative estimate of drug-likeness (QED) is 0.320. The molecule has 0 N–H and O–H groups in total. The van der Waals surface area contributed by atoms with E-state index in [1.165, 1.54) is 0 Å². The summed E-state index contributed by atoms with van der Waals surface area (Å²) < 4.78 is 27.5. The zero-order valence-corrected chi connectivity index (χ0v) is 17.8. The Morgan fingerprint density at radius 3 is 2.39 bits per heavy atom. The van der Waals surface area contributed by atoms with Crippen LogP contribution in [0.2, 0.25) is 0 Å². The molecule has 0 radical (unpaired) electrons. The number of rotatable bonds is 10. The van der Waals surface area contributed by atoms with E-state index in [1.54, 1.807) is 55.7 Å². The predicted molar refractivity (Wildman–Crippen MR) is 118 cm³/mol. The number of carbonyl (C=O) groups is 1. The van der Waals surface area contributed by atoms with E-state index in [4.69, 9.17) is 23.7 Å². The minimum absolute atomic E-state index is 0.184. The number of hydrogen-bond donors (Lipinski definition) is 0. The molecule has 3 rings (SSSR count). The van der Waals surface area contributed by atoms with E-state index >= 15 is 0 Å². The second kappa shape index (κ2) is 10.3. The van der Waals surface area contributed by atoms with Crippen LogP contribution in [0.1, 0.15) is 25.0 Å². The number of benzene rings is 2. The number of cyclic esters (lactones) is 1. The Morgan fingerprint density at radius 1 is 0.968 bits per heavy atom. The lowest BCUT2D eigenvalue weighted by Crippen LogP contribution is -2.06. The van der Waals surface area contributed by atoms with Gasteiger partial charge in [-0.3, -0.25) is 0 Å². The van der Waals surface area contributed by atoms with Gasteiger partial charge >= 0.3 is 5.97 Å². The molecule has 1 aliphatic heterocycles. The summed E-state index contributed by atoms with van der Waals surface area (Å²) in [5.74, 6) is 1.99. The number of esters is 1. The molecule has 162 valence electrons. The average molecular weight is 423 g/mol. The van der Waals surface area contributed by atoms with Gasteiger partial charge in [0.05, 0.1) is 20.3 Å². The van der Waals surface area contributed by atoms with Crippen LogP contribution >= 0.6 is 0 Å². The average Bonchev–Trinajstić information content (AvgIpc) is 3.14. The summed E-state index contributed by atoms with van der Waals surface area (Å²) in [7, 11) is 1.55. The molecule has 0 spiro atoms. The number of hydrogen-bond acceptors (Lipinski definition) is 7. The van der Waals surface area contributed by atoms with Crippen LogP contribution in [0.5, 0.6) is 23.0 Å². The maximum Gasteiger partial charge on any atom is 0.363 e. The molecule has 0 aliphatic carbocycles. The molecule has 7 heteroatoms. The molecule has 1 aliphatic rings. The van der Waals surface area contributed by atoms with Crippen molar-refractivity contribution in [3.63, 3.8) is 0 Å². The van der Waals surface area contributed by atoms with Gasteiger partial charge in [0.15, 0.2) is 28.7 Å². The predicted octanol–water partition coefficient (Wildman–Crippen LogP) is 4.40. The Bertz CT molecular complexity index is 1020. The van der Waals surface area contributed by atoms with Crippen molar-refractivity contribution in [3.05, 3.63) is 65.9 Å². The number of methoxy groups -OCH3 is 1. The van der Waals surface area contributed by atoms with Gasteiger partial charge in [-0.2, -0.15) is 0 Å². The van der Waals surface area contributed by atoms with Crippen molar-refractivity contribution < 1.29 is 28.5 Å². The smallest absolute Gasteiger partial charge is 0.363 e. The van der Waals surface area contributed by atoms with Gasteiger partial charge in [-0.05, 0) is 55.8 Å². The van der Waals surface area contributed by atoms with Gasteiger partial charge in [0.2, 0.25) is 5.90 Å². The molecule has 0 atom stereocenters. The van der Waals surface area contributed by atoms with Crippen molar-refractivity contribution in [3.8, 4) is 23.0 Å². The van der Waals surface area contributed by atoms with Crippen LogP contribution in [0.4, 0.5) is 0 Å². The Kier molecular flexibility index (Phi) is 7.32. The van der Waals surface area contributed by atoms with Crippen LogP contribution in [0, 0.1) is 0 Å². The Morgan fingerprint density at radius 2 is 1.68 bits per heavy atom. The number of aliphatic imine (C=N–C) groups is 1. The number of ether oxygens (including phenoxy) is 5. The monoisotopic (exact) mass is 423 g/mol. The maximum atomic E-state index is 12.4. The lowest BCUT2D eigenvalue weighted by molar-refractivity contribution is -0.129. The highest BCUT2D eigenvalue weighted by atomic mass is 16.6. The standard InChI is InChI=1S/C24H25NO6/c1-5-12-30-19-10-8-16(14-21(19)27-4)13-18-24(26)31-23(25-18)17-9-11-20(28-6-2)22(15-17)29-7-3/h5,8-11,13-15H,1,6-7,12H2,2-4H3/b18-13-. The van der Waals surface area contributed by atoms with Crippen molar-refractivity contribution in [2.24, 2.45) is 4.99 Å². The summed E-state index contributed by atoms with van der Waals surface area (Å²) in [6.45, 7) is 8.78. The normalized spacial score (nSPS) is 14.1. The van der Waals surface area contributed by atoms with Crippen LogP contribution < -0.4 is 18.9 Å². The zero-order chi connectivity index (χ0) is 22.2. The minimum Gasteiger partial charge on any atom is -0.493 e. The highest BCUT2D eigenvalue weighted by Crippen LogP contribution is 2.32. The molecule has 0 amide bonds. The van der Waals surface area contributed by atoms with E-state index in [0.29, 0.717) is 48.4 Å². The molecule has 1 heterocycles. The third kappa shape index (κ3) is 5.25. The first-order valence-corrected chi connectivity index (χ1v) is 9.93. The molecular weight excluding hydrogens is 398 g/mol. The summed E-state index contributed by atoms with van der Waals surface area (Å²) in [5.41, 5.74) is 1.53. The third-order valence-corrected chi connectivity index (χ3v) is 4.26. The van der Waals surface area contributed by atoms with Gasteiger partial charge in [0.25, 0.3) is 0 Å². The third-order valence-electron chi connectivity index (χ3n) is 4.26. The molecule has 0 fully saturated rings. The van der Waals surface area contributed by atoms with Crippen LogP contribution in [0.3, 0.4) is 0 Å². The topological polar surface area (TPSA) is 75.6 Å². The molecule has 0 saturated heterocycles. The summed E-state index contributed by atoms with van der Waals surface area (Å²) >= 11 is 0. The second-order valence-electron chi connectivity index (χ2n) is 6.37. The van der Waals surface area contributed by atoms with E-state index in [9.17, 15) is 4.79 Å². The fraction of sp³-hybridized carbons (Fsp3) is 0.250. The Hall–Kier alpha value is -3.74. The molecule has 2 aromatic rings. The van der Waals surface area contributed by atoms with Crippen molar-refractivity contribution >= 4 is 17.9 Å². The summed E-state index contributed by atoms with van der Waals surface area (Å²) in [5, 5.41) is 0. The second-order valence-corrected chi connectivity index (χ2v) is 6.37. The van der Waals surface area contributed by atoms with Crippen molar-refractivity contribution in [1.29, 1.82) is 0 Å². The van der Waals surface area contributed by atoms with E-state index in [2.05, 4.69) is 11.6 Å². The van der Waals surface area contributed by atoms with Gasteiger partial charge in [-0.1, -0.05) is 18.7 Å². The van der Waals surface area contributed by atoms with Crippen LogP contribution in [0.25, 0.3) is 6.08 Å². The molecular formula is C24H25NO6. The fourth-order valence-corrected chi connectivity index (χ4v) is 2.92. The highest BCUT2D eigenvalue weighted by Gasteiger charge is 2.25. The van der Waals surface area contributed by atoms with Gasteiger partial charge in [0, 0.05) is 5.56 Å². The van der Waals surface area contributed by atoms with Gasteiger partial charge in [0.1, 0.15) is 6.61 Å². The van der Waals surface area contributed by atoms with Gasteiger partial charge < -0.3 is 23.7 Å². The number of nitrogens with zero attached hydrogens (tertiary/aromatic N) is 1. The molecule has 7 nitrogen and oxygen atoms in total. The van der Waals surface area contributed by atoms with Gasteiger partial charge in [-0.25, -0.2) is 9.79 Å². The zero-order valence-electron chi connectivity index (χ0n) is 17.8. The first-order chi connectivity index (χ1) is 15.1. The molecule has 0 unspecified atom stereocenters. The first-order valence-electron chi connectivity index (χ1n) is 9.93. The lowest BCUT2D eigenvalue weighted by atomic mass is 10.1. The molecule has 2 aromatic carbocycles. The summed E-state index contributed by atoms with van der Waals surface area (Å²) in [6.07, 6.45) is 3.28. The van der Waals surface area contributed by atoms with Crippen molar-refractivity contribution in [2.45, 2.75) is 13.8 Å². The molecule has 0 bridgehead atoms. The Balaban J connectivity index is 1.88. The largest absolute Gasteiger partial charge is 0.493 e. The fourth-order valence-electron chi connectivity index (χ4n) is 2.92. The van der Waals surface area contributed by atoms with E-state index < -0.39 is 5.97 Å². The highest BCUT2D eigenvalue weighted by molar-refractivity contribution is 6.13. The summed E-state index contributed by atoms with van der Waals surface area (Å²) in [4.78, 5) is 16.7. The molecule has 0 aromatic heterocycles. The van der Waals surface area contributed by atoms with Gasteiger partial charge in [-0.15, -0.1) is 0 Å². The van der Waals surface area contributed by atoms with Crippen LogP contribution in [-0.2, 0) is 9.53 Å². The Labute approximate surface area is 181 Å². The first kappa shape index (κ1) is 22.0. The van der Waals surface area contributed by atoms with Crippen molar-refractivity contribution in [1.82, 2.24) is 0 Å². The molecule has 31 heavy (non-hydrogen) atoms. The molecule has 0 saturated carbocycles. The number of carbonyl (C=O) groups excluding carboxylic acids is 1. The van der Waals surface area contributed by atoms with Crippen LogP contribution in [0.15, 0.2) is 59.7 Å².